The van der Waals surface area contributed by atoms with Crippen molar-refractivity contribution in [2.24, 2.45) is 0 Å². The van der Waals surface area contributed by atoms with E-state index >= 15 is 0 Å². The van der Waals surface area contributed by atoms with Crippen LogP contribution in [0.3, 0.4) is 0 Å². The lowest BCUT2D eigenvalue weighted by atomic mass is 10.0. The fourth-order valence-corrected chi connectivity index (χ4v) is 5.53. The Bertz CT molecular complexity index is 2060. The largest absolute Gasteiger partial charge is 0.319 e. The van der Waals surface area contributed by atoms with E-state index in [9.17, 15) is 0 Å². The molecule has 0 spiro atoms. The van der Waals surface area contributed by atoms with Crippen LogP contribution < -0.4 is 10.6 Å². The molecule has 0 radical (unpaired) electrons. The molecule has 8 aromatic rings. The van der Waals surface area contributed by atoms with Gasteiger partial charge in [-0.1, -0.05) is 121 Å². The number of anilines is 4. The molecule has 1 aliphatic rings. The Kier molecular flexibility index (Phi) is 5.88. The highest BCUT2D eigenvalue weighted by Crippen LogP contribution is 2.38. The van der Waals surface area contributed by atoms with Crippen molar-refractivity contribution in [1.82, 2.24) is 39.9 Å². The van der Waals surface area contributed by atoms with E-state index < -0.39 is 0 Å². The lowest BCUT2D eigenvalue weighted by Gasteiger charge is -2.20. The normalized spacial score (nSPS) is 11.8. The summed E-state index contributed by atoms with van der Waals surface area (Å²) in [6.45, 7) is 0. The third-order valence-corrected chi connectivity index (χ3v) is 7.70. The Morgan fingerprint density at radius 2 is 0.478 bits per heavy atom. The summed E-state index contributed by atoms with van der Waals surface area (Å²) in [6.07, 6.45) is 0. The van der Waals surface area contributed by atoms with Crippen molar-refractivity contribution in [3.05, 3.63) is 121 Å². The van der Waals surface area contributed by atoms with Crippen molar-refractivity contribution in [1.29, 1.82) is 0 Å². The zero-order valence-electron chi connectivity index (χ0n) is 24.1. The van der Waals surface area contributed by atoms with Crippen LogP contribution in [0.15, 0.2) is 121 Å². The molecular weight excluding hydrogens is 572 g/mol. The molecule has 4 aromatic carbocycles. The average molecular weight is 595 g/mol. The maximum Gasteiger partial charge on any atom is 0.200 e. The first-order chi connectivity index (χ1) is 22.8. The zero-order chi connectivity index (χ0) is 30.5. The molecule has 0 amide bonds. The molecule has 0 bridgehead atoms. The summed E-state index contributed by atoms with van der Waals surface area (Å²) in [5, 5.41) is 6.58. The summed E-state index contributed by atoms with van der Waals surface area (Å²) in [4.78, 5) is 39.1. The molecule has 0 fully saturated rings. The molecule has 0 aliphatic carbocycles. The number of nitrogens with one attached hydrogen (secondary N) is 2. The van der Waals surface area contributed by atoms with Crippen LogP contribution in [-0.4, -0.2) is 39.9 Å². The van der Waals surface area contributed by atoms with Gasteiger partial charge >= 0.3 is 0 Å². The van der Waals surface area contributed by atoms with Gasteiger partial charge in [-0.25, -0.2) is 39.9 Å². The molecule has 10 heteroatoms. The van der Waals surface area contributed by atoms with Crippen molar-refractivity contribution in [3.63, 3.8) is 0 Å². The van der Waals surface area contributed by atoms with E-state index in [0.29, 0.717) is 45.9 Å². The van der Waals surface area contributed by atoms with Gasteiger partial charge in [0.25, 0.3) is 0 Å². The van der Waals surface area contributed by atoms with E-state index in [1.807, 2.05) is 121 Å². The zero-order valence-corrected chi connectivity index (χ0v) is 24.1. The van der Waals surface area contributed by atoms with E-state index in [0.717, 1.165) is 45.0 Å². The predicted octanol–water partition coefficient (Wildman–Crippen LogP) is 7.62. The van der Waals surface area contributed by atoms with Gasteiger partial charge in [-0.2, -0.15) is 0 Å². The van der Waals surface area contributed by atoms with Crippen LogP contribution >= 0.6 is 0 Å². The SMILES string of the molecule is c1ccc(-c2nc3nc4c(nc3nc2-c2ccccc2)Nc2nc3nc(-c5ccccc5)c(-c5ccccc5)nc3nc2N4)cc1. The fraction of sp³-hybridized carbons (Fsp3) is 0. The van der Waals surface area contributed by atoms with Crippen LogP contribution in [0.2, 0.25) is 0 Å². The van der Waals surface area contributed by atoms with Crippen molar-refractivity contribution >= 4 is 45.9 Å². The minimum absolute atomic E-state index is 0.405. The molecule has 46 heavy (non-hydrogen) atoms. The summed E-state index contributed by atoms with van der Waals surface area (Å²) in [5.41, 5.74) is 8.26. The minimum atomic E-state index is 0.405. The smallest absolute Gasteiger partial charge is 0.200 e. The molecule has 5 heterocycles. The lowest BCUT2D eigenvalue weighted by Crippen LogP contribution is -2.14. The summed E-state index contributed by atoms with van der Waals surface area (Å²) < 4.78 is 0. The third-order valence-electron chi connectivity index (χ3n) is 7.70. The average Bonchev–Trinajstić information content (AvgIpc) is 3.12. The first-order valence-electron chi connectivity index (χ1n) is 14.7. The van der Waals surface area contributed by atoms with Gasteiger partial charge in [-0.05, 0) is 0 Å². The lowest BCUT2D eigenvalue weighted by molar-refractivity contribution is 1.11. The number of nitrogens with zero attached hydrogens (tertiary/aromatic N) is 8. The molecule has 1 aliphatic heterocycles. The van der Waals surface area contributed by atoms with E-state index in [4.69, 9.17) is 39.9 Å². The van der Waals surface area contributed by atoms with Crippen LogP contribution in [0, 0.1) is 0 Å². The summed E-state index contributed by atoms with van der Waals surface area (Å²) in [5.74, 6) is 1.86. The Balaban J connectivity index is 1.18. The molecule has 0 unspecified atom stereocenters. The van der Waals surface area contributed by atoms with Crippen LogP contribution in [0.5, 0.6) is 0 Å². The second-order valence-electron chi connectivity index (χ2n) is 10.7. The topological polar surface area (TPSA) is 127 Å². The van der Waals surface area contributed by atoms with Crippen molar-refractivity contribution in [2.45, 2.75) is 0 Å². The van der Waals surface area contributed by atoms with Crippen molar-refractivity contribution in [3.8, 4) is 45.0 Å². The maximum absolute atomic E-state index is 4.96. The molecule has 9 rings (SSSR count). The molecule has 216 valence electrons. The van der Waals surface area contributed by atoms with Gasteiger partial charge in [0.15, 0.2) is 23.3 Å². The Labute approximate surface area is 262 Å². The molecule has 0 saturated heterocycles. The molecule has 0 saturated carbocycles. The quantitative estimate of drug-likeness (QED) is 0.210. The van der Waals surface area contributed by atoms with Gasteiger partial charge in [0, 0.05) is 22.3 Å². The van der Waals surface area contributed by atoms with Crippen LogP contribution in [-0.2, 0) is 0 Å². The van der Waals surface area contributed by atoms with Gasteiger partial charge < -0.3 is 10.6 Å². The van der Waals surface area contributed by atoms with E-state index in [1.165, 1.54) is 0 Å². The Morgan fingerprint density at radius 1 is 0.261 bits per heavy atom. The Morgan fingerprint density at radius 3 is 0.696 bits per heavy atom. The highest BCUT2D eigenvalue weighted by Gasteiger charge is 2.25. The van der Waals surface area contributed by atoms with E-state index in [-0.39, 0.29) is 0 Å². The third kappa shape index (κ3) is 4.44. The number of fused-ring (bicyclic) bond motifs is 4. The summed E-state index contributed by atoms with van der Waals surface area (Å²) in [7, 11) is 0. The predicted molar refractivity (Wildman–Crippen MR) is 179 cm³/mol. The van der Waals surface area contributed by atoms with E-state index in [2.05, 4.69) is 10.6 Å². The summed E-state index contributed by atoms with van der Waals surface area (Å²) >= 11 is 0. The van der Waals surface area contributed by atoms with Crippen LogP contribution in [0.25, 0.3) is 67.6 Å². The van der Waals surface area contributed by atoms with E-state index in [1.54, 1.807) is 0 Å². The van der Waals surface area contributed by atoms with Gasteiger partial charge in [-0.15, -0.1) is 0 Å². The van der Waals surface area contributed by atoms with Gasteiger partial charge in [-0.3, -0.25) is 0 Å². The van der Waals surface area contributed by atoms with Crippen LogP contribution in [0.1, 0.15) is 0 Å². The maximum atomic E-state index is 4.96. The molecule has 10 nitrogen and oxygen atoms in total. The molecule has 0 atom stereocenters. The van der Waals surface area contributed by atoms with Crippen molar-refractivity contribution in [2.75, 3.05) is 10.6 Å². The first kappa shape index (κ1) is 25.8. The number of hydrogen-bond donors (Lipinski definition) is 2. The van der Waals surface area contributed by atoms with Gasteiger partial charge in [0.2, 0.25) is 22.6 Å². The number of benzene rings is 4. The number of rotatable bonds is 4. The molecular formula is C36H22N10. The Hall–Kier alpha value is -6.68. The number of aromatic nitrogens is 8. The fourth-order valence-electron chi connectivity index (χ4n) is 5.53. The van der Waals surface area contributed by atoms with Gasteiger partial charge in [0.1, 0.15) is 0 Å². The minimum Gasteiger partial charge on any atom is -0.319 e. The second kappa shape index (κ2) is 10.5. The number of hydrogen-bond acceptors (Lipinski definition) is 10. The highest BCUT2D eigenvalue weighted by molar-refractivity contribution is 5.91. The highest BCUT2D eigenvalue weighted by atomic mass is 15.3. The monoisotopic (exact) mass is 594 g/mol. The standard InChI is InChI=1S/C36H22N10/c1-5-13-21(14-6-1)25-26(22-15-7-2-8-16-22)38-30-29(37-25)41-33-34(42-30)46-36-35(45-33)43-31-32(44-36)40-28(24-19-11-4-12-20-24)27(39-31)23-17-9-3-10-18-23/h1-20H,(H,37,39,41,43,45)(H,38,40,42,44,46). The molecule has 4 aromatic heterocycles. The van der Waals surface area contributed by atoms with Crippen LogP contribution in [0.4, 0.5) is 23.3 Å². The second-order valence-corrected chi connectivity index (χ2v) is 10.7. The summed E-state index contributed by atoms with van der Waals surface area (Å²) in [6, 6.07) is 39.9. The first-order valence-corrected chi connectivity index (χ1v) is 14.7. The van der Waals surface area contributed by atoms with Crippen molar-refractivity contribution < 1.29 is 0 Å². The molecule has 2 N–H and O–H groups in total. The van der Waals surface area contributed by atoms with Gasteiger partial charge in [0.05, 0.1) is 22.8 Å².